The topological polar surface area (TPSA) is 52.3 Å². The molecule has 1 amide bonds. The summed E-state index contributed by atoms with van der Waals surface area (Å²) in [7, 11) is 0. The maximum Gasteiger partial charge on any atom is 0.387 e. The number of benzene rings is 1. The first-order valence-corrected chi connectivity index (χ1v) is 5.60. The van der Waals surface area contributed by atoms with Crippen LogP contribution in [0.2, 0.25) is 0 Å². The van der Waals surface area contributed by atoms with Gasteiger partial charge in [0.05, 0.1) is 5.41 Å². The number of carbonyl (C=O) groups excluding carboxylic acids is 1. The van der Waals surface area contributed by atoms with Crippen molar-refractivity contribution in [2.75, 3.05) is 0 Å². The van der Waals surface area contributed by atoms with Crippen LogP contribution in [0.1, 0.15) is 32.3 Å². The van der Waals surface area contributed by atoms with Gasteiger partial charge in [0.25, 0.3) is 0 Å². The van der Waals surface area contributed by atoms with Crippen molar-refractivity contribution in [2.24, 2.45) is 11.1 Å². The SMILES string of the molecule is C[C@H](c1ccccc1OC(F)F)C(C)(C)C(N)=O. The van der Waals surface area contributed by atoms with E-state index >= 15 is 0 Å². The number of hydrogen-bond donors (Lipinski definition) is 1. The van der Waals surface area contributed by atoms with E-state index < -0.39 is 17.9 Å². The van der Waals surface area contributed by atoms with E-state index in [2.05, 4.69) is 4.74 Å². The second-order valence-electron chi connectivity index (χ2n) is 4.72. The number of nitrogens with two attached hydrogens (primary N) is 1. The van der Waals surface area contributed by atoms with E-state index in [0.717, 1.165) is 0 Å². The smallest absolute Gasteiger partial charge is 0.387 e. The van der Waals surface area contributed by atoms with Gasteiger partial charge in [0.2, 0.25) is 5.91 Å². The zero-order valence-corrected chi connectivity index (χ0v) is 10.6. The number of hydrogen-bond acceptors (Lipinski definition) is 2. The lowest BCUT2D eigenvalue weighted by Gasteiger charge is -2.29. The highest BCUT2D eigenvalue weighted by atomic mass is 19.3. The number of rotatable bonds is 5. The highest BCUT2D eigenvalue weighted by molar-refractivity contribution is 5.81. The molecule has 100 valence electrons. The van der Waals surface area contributed by atoms with Gasteiger partial charge in [-0.3, -0.25) is 4.79 Å². The molecular weight excluding hydrogens is 240 g/mol. The van der Waals surface area contributed by atoms with Crippen molar-refractivity contribution in [3.63, 3.8) is 0 Å². The molecule has 0 heterocycles. The van der Waals surface area contributed by atoms with Crippen LogP contribution in [0.15, 0.2) is 24.3 Å². The lowest BCUT2D eigenvalue weighted by Crippen LogP contribution is -2.36. The lowest BCUT2D eigenvalue weighted by molar-refractivity contribution is -0.126. The molecule has 1 rings (SSSR count). The molecule has 0 aromatic heterocycles. The second-order valence-corrected chi connectivity index (χ2v) is 4.72. The summed E-state index contributed by atoms with van der Waals surface area (Å²) in [5, 5.41) is 0. The summed E-state index contributed by atoms with van der Waals surface area (Å²) < 4.78 is 29.1. The van der Waals surface area contributed by atoms with Crippen molar-refractivity contribution in [3.8, 4) is 5.75 Å². The van der Waals surface area contributed by atoms with Crippen molar-refractivity contribution in [1.29, 1.82) is 0 Å². The molecule has 0 unspecified atom stereocenters. The summed E-state index contributed by atoms with van der Waals surface area (Å²) in [5.74, 6) is -0.735. The summed E-state index contributed by atoms with van der Waals surface area (Å²) >= 11 is 0. The van der Waals surface area contributed by atoms with Gasteiger partial charge in [-0.15, -0.1) is 0 Å². The molecule has 1 atom stereocenters. The number of para-hydroxylation sites is 1. The van der Waals surface area contributed by atoms with Gasteiger partial charge in [-0.1, -0.05) is 39.0 Å². The minimum atomic E-state index is -2.89. The number of amides is 1. The Morgan fingerprint density at radius 1 is 1.33 bits per heavy atom. The van der Waals surface area contributed by atoms with Crippen molar-refractivity contribution < 1.29 is 18.3 Å². The van der Waals surface area contributed by atoms with E-state index in [9.17, 15) is 13.6 Å². The maximum atomic E-state index is 12.3. The molecule has 0 saturated heterocycles. The number of alkyl halides is 2. The van der Waals surface area contributed by atoms with Crippen LogP contribution in [0.25, 0.3) is 0 Å². The number of primary amides is 1. The van der Waals surface area contributed by atoms with Gasteiger partial charge in [-0.05, 0) is 17.5 Å². The zero-order valence-electron chi connectivity index (χ0n) is 10.6. The van der Waals surface area contributed by atoms with Crippen LogP contribution in [-0.4, -0.2) is 12.5 Å². The van der Waals surface area contributed by atoms with Crippen LogP contribution in [0, 0.1) is 5.41 Å². The Balaban J connectivity index is 3.13. The highest BCUT2D eigenvalue weighted by Gasteiger charge is 2.34. The Morgan fingerprint density at radius 2 is 1.89 bits per heavy atom. The molecule has 0 aliphatic heterocycles. The molecule has 0 radical (unpaired) electrons. The Hall–Kier alpha value is -1.65. The largest absolute Gasteiger partial charge is 0.435 e. The molecule has 1 aromatic carbocycles. The van der Waals surface area contributed by atoms with E-state index in [0.29, 0.717) is 5.56 Å². The fourth-order valence-corrected chi connectivity index (χ4v) is 1.64. The van der Waals surface area contributed by atoms with E-state index in [1.807, 2.05) is 0 Å². The zero-order chi connectivity index (χ0) is 13.9. The summed E-state index contributed by atoms with van der Waals surface area (Å²) in [4.78, 5) is 11.4. The average molecular weight is 257 g/mol. The van der Waals surface area contributed by atoms with E-state index in [4.69, 9.17) is 5.73 Å². The van der Waals surface area contributed by atoms with Crippen LogP contribution >= 0.6 is 0 Å². The maximum absolute atomic E-state index is 12.3. The first-order valence-electron chi connectivity index (χ1n) is 5.60. The van der Waals surface area contributed by atoms with Crippen LogP contribution in [-0.2, 0) is 4.79 Å². The minimum Gasteiger partial charge on any atom is -0.435 e. The average Bonchev–Trinajstić information content (AvgIpc) is 2.27. The van der Waals surface area contributed by atoms with Crippen molar-refractivity contribution in [1.82, 2.24) is 0 Å². The van der Waals surface area contributed by atoms with Gasteiger partial charge in [-0.25, -0.2) is 0 Å². The first kappa shape index (κ1) is 14.4. The van der Waals surface area contributed by atoms with Gasteiger partial charge in [-0.2, -0.15) is 8.78 Å². The molecule has 0 fully saturated rings. The van der Waals surface area contributed by atoms with E-state index in [1.165, 1.54) is 6.07 Å². The summed E-state index contributed by atoms with van der Waals surface area (Å²) in [6, 6.07) is 6.43. The standard InChI is InChI=1S/C13H17F2NO2/c1-8(13(2,3)11(16)17)9-6-4-5-7-10(9)18-12(14)15/h4-8,12H,1-3H3,(H2,16,17)/t8-/m1/s1. The van der Waals surface area contributed by atoms with Crippen molar-refractivity contribution in [3.05, 3.63) is 29.8 Å². The number of ether oxygens (including phenoxy) is 1. The lowest BCUT2D eigenvalue weighted by atomic mass is 9.75. The van der Waals surface area contributed by atoms with Crippen molar-refractivity contribution in [2.45, 2.75) is 33.3 Å². The quantitative estimate of drug-likeness (QED) is 0.881. The molecule has 0 aliphatic rings. The van der Waals surface area contributed by atoms with Gasteiger partial charge in [0.15, 0.2) is 0 Å². The Labute approximate surface area is 105 Å². The summed E-state index contributed by atoms with van der Waals surface area (Å²) in [6.45, 7) is 2.23. The van der Waals surface area contributed by atoms with E-state index in [-0.39, 0.29) is 11.7 Å². The van der Waals surface area contributed by atoms with Crippen LogP contribution in [0.5, 0.6) is 5.75 Å². The van der Waals surface area contributed by atoms with Crippen LogP contribution < -0.4 is 10.5 Å². The number of carbonyl (C=O) groups is 1. The molecule has 3 nitrogen and oxygen atoms in total. The molecule has 2 N–H and O–H groups in total. The Kier molecular flexibility index (Phi) is 4.27. The summed E-state index contributed by atoms with van der Waals surface area (Å²) in [6.07, 6.45) is 0. The van der Waals surface area contributed by atoms with Gasteiger partial charge >= 0.3 is 6.61 Å². The van der Waals surface area contributed by atoms with Crippen LogP contribution in [0.3, 0.4) is 0 Å². The van der Waals surface area contributed by atoms with Gasteiger partial charge < -0.3 is 10.5 Å². The van der Waals surface area contributed by atoms with E-state index in [1.54, 1.807) is 39.0 Å². The molecule has 0 spiro atoms. The second kappa shape index (κ2) is 5.33. The predicted molar refractivity (Wildman–Crippen MR) is 64.5 cm³/mol. The predicted octanol–water partition coefficient (Wildman–Crippen LogP) is 2.90. The highest BCUT2D eigenvalue weighted by Crippen LogP contribution is 2.39. The molecule has 0 bridgehead atoms. The fourth-order valence-electron chi connectivity index (χ4n) is 1.64. The minimum absolute atomic E-state index is 0.0781. The third-order valence-corrected chi connectivity index (χ3v) is 3.32. The normalized spacial score (nSPS) is 13.4. The third-order valence-electron chi connectivity index (χ3n) is 3.32. The van der Waals surface area contributed by atoms with Crippen molar-refractivity contribution >= 4 is 5.91 Å². The first-order chi connectivity index (χ1) is 8.26. The third kappa shape index (κ3) is 2.97. The monoisotopic (exact) mass is 257 g/mol. The Bertz CT molecular complexity index is 433. The molecule has 5 heteroatoms. The summed E-state index contributed by atoms with van der Waals surface area (Å²) in [5.41, 5.74) is 5.03. The van der Waals surface area contributed by atoms with Gasteiger partial charge in [0.1, 0.15) is 5.75 Å². The molecule has 0 aliphatic carbocycles. The van der Waals surface area contributed by atoms with Crippen LogP contribution in [0.4, 0.5) is 8.78 Å². The van der Waals surface area contributed by atoms with Gasteiger partial charge in [0, 0.05) is 0 Å². The molecular formula is C13H17F2NO2. The molecule has 0 saturated carbocycles. The molecule has 1 aromatic rings. The fraction of sp³-hybridized carbons (Fsp3) is 0.462. The molecule has 18 heavy (non-hydrogen) atoms. The number of halogens is 2. The Morgan fingerprint density at radius 3 is 2.39 bits per heavy atom.